The summed E-state index contributed by atoms with van der Waals surface area (Å²) in [7, 11) is 0. The van der Waals surface area contributed by atoms with Crippen LogP contribution in [-0.2, 0) is 11.4 Å². The SMILES string of the molecule is N#C/C(=C\c1ccccc1OCc1ccc(I)cc1)C(=O)Nc1ccc(O)cc1. The topological polar surface area (TPSA) is 82.3 Å². The molecule has 6 heteroatoms. The molecule has 2 N–H and O–H groups in total. The van der Waals surface area contributed by atoms with Crippen molar-refractivity contribution in [3.8, 4) is 17.6 Å². The van der Waals surface area contributed by atoms with Crippen LogP contribution >= 0.6 is 22.6 Å². The second-order valence-electron chi connectivity index (χ2n) is 6.12. The van der Waals surface area contributed by atoms with E-state index in [9.17, 15) is 15.2 Å². The molecule has 0 bridgehead atoms. The van der Waals surface area contributed by atoms with Gasteiger partial charge >= 0.3 is 0 Å². The van der Waals surface area contributed by atoms with E-state index in [1.54, 1.807) is 24.3 Å². The third kappa shape index (κ3) is 5.83. The van der Waals surface area contributed by atoms with E-state index >= 15 is 0 Å². The lowest BCUT2D eigenvalue weighted by Gasteiger charge is -2.10. The lowest BCUT2D eigenvalue weighted by atomic mass is 10.1. The van der Waals surface area contributed by atoms with Gasteiger partial charge in [-0.05, 0) is 76.7 Å². The molecule has 0 saturated carbocycles. The second-order valence-corrected chi connectivity index (χ2v) is 7.37. The van der Waals surface area contributed by atoms with Gasteiger partial charge in [-0.1, -0.05) is 30.3 Å². The third-order valence-corrected chi connectivity index (χ3v) is 4.74. The van der Waals surface area contributed by atoms with E-state index in [2.05, 4.69) is 27.9 Å². The van der Waals surface area contributed by atoms with Gasteiger partial charge in [-0.3, -0.25) is 4.79 Å². The molecule has 0 saturated heterocycles. The zero-order valence-electron chi connectivity index (χ0n) is 15.3. The number of para-hydroxylation sites is 1. The summed E-state index contributed by atoms with van der Waals surface area (Å²) in [4.78, 5) is 12.4. The molecule has 3 rings (SSSR count). The molecule has 0 aromatic heterocycles. The first-order valence-corrected chi connectivity index (χ1v) is 9.81. The number of anilines is 1. The summed E-state index contributed by atoms with van der Waals surface area (Å²) in [6.45, 7) is 0.378. The average Bonchev–Trinajstić information content (AvgIpc) is 2.74. The Hall–Kier alpha value is -3.31. The van der Waals surface area contributed by atoms with Gasteiger partial charge in [-0.15, -0.1) is 0 Å². The van der Waals surface area contributed by atoms with Crippen molar-refractivity contribution in [1.29, 1.82) is 5.26 Å². The van der Waals surface area contributed by atoms with Crippen LogP contribution in [0.1, 0.15) is 11.1 Å². The van der Waals surface area contributed by atoms with Crippen LogP contribution in [-0.4, -0.2) is 11.0 Å². The highest BCUT2D eigenvalue weighted by Crippen LogP contribution is 2.23. The summed E-state index contributed by atoms with van der Waals surface area (Å²) >= 11 is 2.25. The quantitative estimate of drug-likeness (QED) is 0.215. The number of halogens is 1. The van der Waals surface area contributed by atoms with Gasteiger partial charge in [0.15, 0.2) is 0 Å². The van der Waals surface area contributed by atoms with Crippen molar-refractivity contribution in [3.63, 3.8) is 0 Å². The number of carbonyl (C=O) groups excluding carboxylic acids is 1. The fourth-order valence-electron chi connectivity index (χ4n) is 2.52. The van der Waals surface area contributed by atoms with E-state index in [1.165, 1.54) is 18.2 Å². The highest BCUT2D eigenvalue weighted by molar-refractivity contribution is 14.1. The summed E-state index contributed by atoms with van der Waals surface area (Å²) < 4.78 is 7.05. The molecule has 1 amide bonds. The van der Waals surface area contributed by atoms with E-state index in [-0.39, 0.29) is 11.3 Å². The number of phenolic OH excluding ortho intramolecular Hbond substituents is 1. The van der Waals surface area contributed by atoms with Crippen molar-refractivity contribution in [2.24, 2.45) is 0 Å². The smallest absolute Gasteiger partial charge is 0.266 e. The number of phenols is 1. The summed E-state index contributed by atoms with van der Waals surface area (Å²) in [6, 6.07) is 23.2. The van der Waals surface area contributed by atoms with Crippen molar-refractivity contribution in [3.05, 3.63) is 93.1 Å². The van der Waals surface area contributed by atoms with E-state index in [1.807, 2.05) is 42.5 Å². The zero-order valence-corrected chi connectivity index (χ0v) is 17.5. The van der Waals surface area contributed by atoms with Crippen molar-refractivity contribution < 1.29 is 14.6 Å². The average molecular weight is 496 g/mol. The fraction of sp³-hybridized carbons (Fsp3) is 0.0435. The largest absolute Gasteiger partial charge is 0.508 e. The van der Waals surface area contributed by atoms with Gasteiger partial charge in [-0.2, -0.15) is 5.26 Å². The molecule has 0 spiro atoms. The number of hydrogen-bond acceptors (Lipinski definition) is 4. The van der Waals surface area contributed by atoms with E-state index < -0.39 is 5.91 Å². The third-order valence-electron chi connectivity index (χ3n) is 4.02. The lowest BCUT2D eigenvalue weighted by molar-refractivity contribution is -0.112. The Bertz CT molecular complexity index is 1070. The van der Waals surface area contributed by atoms with Crippen LogP contribution in [0.2, 0.25) is 0 Å². The Balaban J connectivity index is 1.76. The Morgan fingerprint density at radius 3 is 2.45 bits per heavy atom. The van der Waals surface area contributed by atoms with Crippen LogP contribution in [0.3, 0.4) is 0 Å². The van der Waals surface area contributed by atoms with Gasteiger partial charge in [-0.25, -0.2) is 0 Å². The number of amides is 1. The molecule has 0 aliphatic carbocycles. The van der Waals surface area contributed by atoms with Gasteiger partial charge in [0, 0.05) is 14.8 Å². The molecule has 3 aromatic rings. The van der Waals surface area contributed by atoms with Crippen molar-refractivity contribution in [1.82, 2.24) is 0 Å². The number of nitrogens with one attached hydrogen (secondary N) is 1. The fourth-order valence-corrected chi connectivity index (χ4v) is 2.88. The van der Waals surface area contributed by atoms with Gasteiger partial charge in [0.2, 0.25) is 0 Å². The van der Waals surface area contributed by atoms with Gasteiger partial charge < -0.3 is 15.2 Å². The molecule has 0 aliphatic rings. The first-order chi connectivity index (χ1) is 14.0. The minimum Gasteiger partial charge on any atom is -0.508 e. The predicted molar refractivity (Wildman–Crippen MR) is 120 cm³/mol. The lowest BCUT2D eigenvalue weighted by Crippen LogP contribution is -2.13. The number of hydrogen-bond donors (Lipinski definition) is 2. The van der Waals surface area contributed by atoms with Gasteiger partial charge in [0.05, 0.1) is 0 Å². The minimum absolute atomic E-state index is 0.0524. The van der Waals surface area contributed by atoms with E-state index in [0.29, 0.717) is 23.6 Å². The van der Waals surface area contributed by atoms with Crippen molar-refractivity contribution in [2.75, 3.05) is 5.32 Å². The summed E-state index contributed by atoms with van der Waals surface area (Å²) in [5.74, 6) is 0.139. The highest BCUT2D eigenvalue weighted by atomic mass is 127. The maximum atomic E-state index is 12.4. The van der Waals surface area contributed by atoms with Crippen molar-refractivity contribution in [2.45, 2.75) is 6.61 Å². The van der Waals surface area contributed by atoms with Gasteiger partial charge in [0.25, 0.3) is 5.91 Å². The Morgan fingerprint density at radius 1 is 1.07 bits per heavy atom. The molecule has 144 valence electrons. The number of carbonyl (C=O) groups is 1. The van der Waals surface area contributed by atoms with Crippen LogP contribution in [0.5, 0.6) is 11.5 Å². The maximum absolute atomic E-state index is 12.4. The monoisotopic (exact) mass is 496 g/mol. The van der Waals surface area contributed by atoms with E-state index in [4.69, 9.17) is 4.74 Å². The highest BCUT2D eigenvalue weighted by Gasteiger charge is 2.11. The van der Waals surface area contributed by atoms with Crippen LogP contribution in [0.4, 0.5) is 5.69 Å². The Kier molecular flexibility index (Phi) is 6.87. The summed E-state index contributed by atoms with van der Waals surface area (Å²) in [6.07, 6.45) is 1.50. The molecule has 0 fully saturated rings. The van der Waals surface area contributed by atoms with Crippen LogP contribution in [0.15, 0.2) is 78.4 Å². The van der Waals surface area contributed by atoms with Gasteiger partial charge in [0.1, 0.15) is 29.7 Å². The molecule has 29 heavy (non-hydrogen) atoms. The Morgan fingerprint density at radius 2 is 1.76 bits per heavy atom. The second kappa shape index (κ2) is 9.75. The normalized spacial score (nSPS) is 10.8. The number of rotatable bonds is 6. The zero-order chi connectivity index (χ0) is 20.6. The van der Waals surface area contributed by atoms with Crippen LogP contribution in [0, 0.1) is 14.9 Å². The molecule has 0 atom stereocenters. The standard InChI is InChI=1S/C23H17IN2O3/c24-19-7-5-16(6-8-19)15-29-22-4-2-1-3-17(22)13-18(14-25)23(28)26-20-9-11-21(27)12-10-20/h1-13,27H,15H2,(H,26,28)/b18-13+. The first kappa shape index (κ1) is 20.4. The van der Waals surface area contributed by atoms with E-state index in [0.717, 1.165) is 9.13 Å². The number of nitriles is 1. The van der Waals surface area contributed by atoms with Crippen LogP contribution < -0.4 is 10.1 Å². The molecule has 0 heterocycles. The molecule has 0 aliphatic heterocycles. The number of nitrogens with zero attached hydrogens (tertiary/aromatic N) is 1. The number of benzene rings is 3. The molecule has 0 unspecified atom stereocenters. The summed E-state index contributed by atoms with van der Waals surface area (Å²) in [5.41, 5.74) is 2.09. The first-order valence-electron chi connectivity index (χ1n) is 8.73. The molecule has 5 nitrogen and oxygen atoms in total. The summed E-state index contributed by atoms with van der Waals surface area (Å²) in [5, 5.41) is 21.4. The number of aromatic hydroxyl groups is 1. The Labute approximate surface area is 182 Å². The number of ether oxygens (including phenoxy) is 1. The molecule has 3 aromatic carbocycles. The van der Waals surface area contributed by atoms with Crippen LogP contribution in [0.25, 0.3) is 6.08 Å². The van der Waals surface area contributed by atoms with Crippen molar-refractivity contribution >= 4 is 40.3 Å². The molecule has 0 radical (unpaired) electrons. The minimum atomic E-state index is -0.536. The molecular formula is C23H17IN2O3. The maximum Gasteiger partial charge on any atom is 0.266 e. The molecular weight excluding hydrogens is 479 g/mol. The predicted octanol–water partition coefficient (Wildman–Crippen LogP) is 5.12.